The van der Waals surface area contributed by atoms with Crippen molar-refractivity contribution in [2.75, 3.05) is 5.32 Å². The molecule has 10 heteroatoms. The normalized spacial score (nSPS) is 11.3. The number of carbonyl (C=O) groups is 1. The lowest BCUT2D eigenvalue weighted by Crippen LogP contribution is -2.21. The number of aromatic nitrogens is 3. The minimum Gasteiger partial charge on any atom is -0.487 e. The van der Waals surface area contributed by atoms with Gasteiger partial charge in [-0.1, -0.05) is 24.3 Å². The molecule has 0 aliphatic carbocycles. The van der Waals surface area contributed by atoms with E-state index in [0.717, 1.165) is 18.3 Å². The van der Waals surface area contributed by atoms with E-state index in [-0.39, 0.29) is 12.3 Å². The summed E-state index contributed by atoms with van der Waals surface area (Å²) in [5.41, 5.74) is -1.65. The third-order valence-corrected chi connectivity index (χ3v) is 4.57. The summed E-state index contributed by atoms with van der Waals surface area (Å²) >= 11 is 0. The van der Waals surface area contributed by atoms with Gasteiger partial charge in [-0.2, -0.15) is 18.3 Å². The van der Waals surface area contributed by atoms with Crippen molar-refractivity contribution in [3.05, 3.63) is 102 Å². The number of para-hydroxylation sites is 1. The number of benzene rings is 2. The van der Waals surface area contributed by atoms with Crippen molar-refractivity contribution in [2.45, 2.75) is 12.8 Å². The SMILES string of the molecule is O=C(Nc1cccc(OCc2ccccn2)c1)c1cnn(-c2ccccc2F)c1C(F)(F)F. The molecule has 168 valence electrons. The number of nitrogens with zero attached hydrogens (tertiary/aromatic N) is 3. The first kappa shape index (κ1) is 22.0. The van der Waals surface area contributed by atoms with Crippen molar-refractivity contribution >= 4 is 11.6 Å². The lowest BCUT2D eigenvalue weighted by atomic mass is 10.2. The molecule has 0 atom stereocenters. The first-order valence-corrected chi connectivity index (χ1v) is 9.67. The van der Waals surface area contributed by atoms with Gasteiger partial charge in [0.2, 0.25) is 0 Å². The predicted octanol–water partition coefficient (Wildman–Crippen LogP) is 5.26. The van der Waals surface area contributed by atoms with Crippen LogP contribution in [0.4, 0.5) is 23.2 Å². The highest BCUT2D eigenvalue weighted by molar-refractivity contribution is 6.05. The highest BCUT2D eigenvalue weighted by atomic mass is 19.4. The molecule has 0 spiro atoms. The maximum atomic E-state index is 14.1. The summed E-state index contributed by atoms with van der Waals surface area (Å²) in [5.74, 6) is -1.57. The first-order valence-electron chi connectivity index (χ1n) is 9.67. The number of carbonyl (C=O) groups excluding carboxylic acids is 1. The van der Waals surface area contributed by atoms with E-state index in [2.05, 4.69) is 15.4 Å². The summed E-state index contributed by atoms with van der Waals surface area (Å²) in [7, 11) is 0. The van der Waals surface area contributed by atoms with E-state index in [1.165, 1.54) is 24.3 Å². The Kier molecular flexibility index (Phi) is 6.07. The van der Waals surface area contributed by atoms with E-state index >= 15 is 0 Å². The summed E-state index contributed by atoms with van der Waals surface area (Å²) in [6.07, 6.45) is -2.58. The zero-order valence-corrected chi connectivity index (χ0v) is 16.9. The van der Waals surface area contributed by atoms with E-state index in [9.17, 15) is 22.4 Å². The summed E-state index contributed by atoms with van der Waals surface area (Å²) in [4.78, 5) is 16.8. The van der Waals surface area contributed by atoms with Gasteiger partial charge in [-0.3, -0.25) is 9.78 Å². The summed E-state index contributed by atoms with van der Waals surface area (Å²) in [5, 5.41) is 6.03. The molecule has 0 bridgehead atoms. The van der Waals surface area contributed by atoms with Gasteiger partial charge in [0.25, 0.3) is 5.91 Å². The van der Waals surface area contributed by atoms with Crippen LogP contribution >= 0.6 is 0 Å². The Morgan fingerprint density at radius 1 is 1.03 bits per heavy atom. The second-order valence-corrected chi connectivity index (χ2v) is 6.86. The number of ether oxygens (including phenoxy) is 1. The third kappa shape index (κ3) is 5.00. The fourth-order valence-corrected chi connectivity index (χ4v) is 3.10. The Hall–Kier alpha value is -4.21. The third-order valence-electron chi connectivity index (χ3n) is 4.57. The highest BCUT2D eigenvalue weighted by Crippen LogP contribution is 2.34. The Bertz CT molecular complexity index is 1270. The van der Waals surface area contributed by atoms with Gasteiger partial charge in [0.05, 0.1) is 17.5 Å². The first-order chi connectivity index (χ1) is 15.8. The van der Waals surface area contributed by atoms with Crippen molar-refractivity contribution in [3.8, 4) is 11.4 Å². The van der Waals surface area contributed by atoms with E-state index in [1.54, 1.807) is 30.5 Å². The summed E-state index contributed by atoms with van der Waals surface area (Å²) in [6.45, 7) is 0.172. The van der Waals surface area contributed by atoms with Crippen LogP contribution in [0.1, 0.15) is 21.7 Å². The monoisotopic (exact) mass is 456 g/mol. The van der Waals surface area contributed by atoms with E-state index < -0.39 is 34.8 Å². The van der Waals surface area contributed by atoms with E-state index in [0.29, 0.717) is 16.1 Å². The van der Waals surface area contributed by atoms with Crippen LogP contribution in [0.25, 0.3) is 5.69 Å². The predicted molar refractivity (Wildman–Crippen MR) is 111 cm³/mol. The second kappa shape index (κ2) is 9.11. The molecule has 2 aromatic heterocycles. The molecule has 4 aromatic rings. The van der Waals surface area contributed by atoms with Crippen molar-refractivity contribution in [2.24, 2.45) is 0 Å². The van der Waals surface area contributed by atoms with Crippen LogP contribution in [0, 0.1) is 5.82 Å². The fourth-order valence-electron chi connectivity index (χ4n) is 3.10. The number of amides is 1. The minimum absolute atomic E-state index is 0.172. The van der Waals surface area contributed by atoms with Gasteiger partial charge in [0.1, 0.15) is 23.9 Å². The number of alkyl halides is 3. The van der Waals surface area contributed by atoms with Gasteiger partial charge in [-0.05, 0) is 36.4 Å². The van der Waals surface area contributed by atoms with Crippen molar-refractivity contribution < 1.29 is 27.1 Å². The molecule has 1 amide bonds. The molecule has 0 fully saturated rings. The number of hydrogen-bond donors (Lipinski definition) is 1. The van der Waals surface area contributed by atoms with E-state index in [4.69, 9.17) is 4.74 Å². The van der Waals surface area contributed by atoms with Gasteiger partial charge in [0.15, 0.2) is 5.69 Å². The number of anilines is 1. The van der Waals surface area contributed by atoms with Gasteiger partial charge in [-0.15, -0.1) is 0 Å². The Morgan fingerprint density at radius 3 is 2.55 bits per heavy atom. The van der Waals surface area contributed by atoms with E-state index in [1.807, 2.05) is 6.07 Å². The van der Waals surface area contributed by atoms with Crippen molar-refractivity contribution in [1.29, 1.82) is 0 Å². The number of halogens is 4. The highest BCUT2D eigenvalue weighted by Gasteiger charge is 2.41. The maximum absolute atomic E-state index is 14.1. The number of nitrogens with one attached hydrogen (secondary N) is 1. The molecule has 6 nitrogen and oxygen atoms in total. The molecule has 0 saturated heterocycles. The molecule has 1 N–H and O–H groups in total. The zero-order valence-electron chi connectivity index (χ0n) is 16.9. The van der Waals surface area contributed by atoms with Crippen LogP contribution in [0.3, 0.4) is 0 Å². The average Bonchev–Trinajstić information content (AvgIpc) is 3.25. The number of rotatable bonds is 6. The summed E-state index contributed by atoms with van der Waals surface area (Å²) < 4.78 is 61.5. The van der Waals surface area contributed by atoms with Crippen molar-refractivity contribution in [1.82, 2.24) is 14.8 Å². The van der Waals surface area contributed by atoms with Crippen LogP contribution in [-0.2, 0) is 12.8 Å². The maximum Gasteiger partial charge on any atom is 0.434 e. The van der Waals surface area contributed by atoms with Crippen LogP contribution in [-0.4, -0.2) is 20.7 Å². The van der Waals surface area contributed by atoms with Gasteiger partial charge >= 0.3 is 6.18 Å². The largest absolute Gasteiger partial charge is 0.487 e. The lowest BCUT2D eigenvalue weighted by Gasteiger charge is -2.13. The quantitative estimate of drug-likeness (QED) is 0.402. The number of pyridine rings is 1. The summed E-state index contributed by atoms with van der Waals surface area (Å²) in [6, 6.07) is 16.4. The standard InChI is InChI=1S/C23H16F4N4O2/c24-19-9-1-2-10-20(19)31-21(23(25,26)27)18(13-29-31)22(32)30-15-7-5-8-17(12-15)33-14-16-6-3-4-11-28-16/h1-13H,14H2,(H,30,32). The van der Waals surface area contributed by atoms with Crippen LogP contribution < -0.4 is 10.1 Å². The molecule has 2 heterocycles. The minimum atomic E-state index is -4.96. The molecule has 0 aliphatic heterocycles. The van der Waals surface area contributed by atoms with Crippen LogP contribution in [0.2, 0.25) is 0 Å². The van der Waals surface area contributed by atoms with Gasteiger partial charge < -0.3 is 10.1 Å². The topological polar surface area (TPSA) is 69.0 Å². The molecular weight excluding hydrogens is 440 g/mol. The molecule has 33 heavy (non-hydrogen) atoms. The number of hydrogen-bond acceptors (Lipinski definition) is 4. The molecule has 2 aromatic carbocycles. The van der Waals surface area contributed by atoms with Gasteiger partial charge in [-0.25, -0.2) is 9.07 Å². The van der Waals surface area contributed by atoms with Crippen LogP contribution in [0.5, 0.6) is 5.75 Å². The molecular formula is C23H16F4N4O2. The average molecular weight is 456 g/mol. The molecule has 0 saturated carbocycles. The fraction of sp³-hybridized carbons (Fsp3) is 0.0870. The molecule has 4 rings (SSSR count). The smallest absolute Gasteiger partial charge is 0.434 e. The molecule has 0 radical (unpaired) electrons. The van der Waals surface area contributed by atoms with Crippen LogP contribution in [0.15, 0.2) is 79.1 Å². The van der Waals surface area contributed by atoms with Gasteiger partial charge in [0, 0.05) is 18.0 Å². The second-order valence-electron chi connectivity index (χ2n) is 6.86. The Balaban J connectivity index is 1.57. The Labute approximate surface area is 185 Å². The Morgan fingerprint density at radius 2 is 1.82 bits per heavy atom. The zero-order chi connectivity index (χ0) is 23.4. The lowest BCUT2D eigenvalue weighted by molar-refractivity contribution is -0.143. The molecule has 0 unspecified atom stereocenters. The van der Waals surface area contributed by atoms with Crippen molar-refractivity contribution in [3.63, 3.8) is 0 Å². The molecule has 0 aliphatic rings.